The number of amides is 2. The number of nitrogens with zero attached hydrogens (tertiary/aromatic N) is 7. The summed E-state index contributed by atoms with van der Waals surface area (Å²) < 4.78 is 9.03. The second kappa shape index (κ2) is 14.4. The standard InChI is InChI=1S/C41H49N9O5/c1-6-36(52)44-31-17-27(8-9-33(31)48-15-14-47(20-25(48)2)28-23-55-24-28)43-37-40(54)46(5)21-32(45-37)29-10-11-42-38(30(29)22-51)50-13-7-12-49-34(39(50)53)16-26-18-41(3,4)19-35(26)49/h6,8-11,16-17,21,25,28,51H,1,7,12-15,18-20,22-24H2,2-5H3,(H,43,45)(H,44,52)/t25-/m0/s1. The van der Waals surface area contributed by atoms with Crippen LogP contribution in [0, 0.1) is 5.41 Å². The van der Waals surface area contributed by atoms with Crippen LogP contribution in [0.25, 0.3) is 11.3 Å². The molecule has 1 aromatic carbocycles. The van der Waals surface area contributed by atoms with Crippen molar-refractivity contribution in [2.75, 3.05) is 59.8 Å². The van der Waals surface area contributed by atoms with Crippen molar-refractivity contribution in [2.24, 2.45) is 12.5 Å². The first-order valence-corrected chi connectivity index (χ1v) is 19.1. The minimum absolute atomic E-state index is 0.0572. The predicted octanol–water partition coefficient (Wildman–Crippen LogP) is 4.09. The lowest BCUT2D eigenvalue weighted by Crippen LogP contribution is -2.59. The van der Waals surface area contributed by atoms with E-state index in [-0.39, 0.29) is 34.6 Å². The Morgan fingerprint density at radius 1 is 1.11 bits per heavy atom. The number of aromatic nitrogens is 4. The van der Waals surface area contributed by atoms with E-state index in [2.05, 4.69) is 57.3 Å². The summed E-state index contributed by atoms with van der Waals surface area (Å²) in [6, 6.07) is 10.0. The molecule has 3 N–H and O–H groups in total. The average Bonchev–Trinajstić information content (AvgIpc) is 3.56. The maximum atomic E-state index is 14.2. The number of aliphatic hydroxyl groups excluding tert-OH is 1. The van der Waals surface area contributed by atoms with Crippen molar-refractivity contribution in [3.05, 3.63) is 88.2 Å². The summed E-state index contributed by atoms with van der Waals surface area (Å²) in [4.78, 5) is 56.1. The normalized spacial score (nSPS) is 19.7. The second-order valence-electron chi connectivity index (χ2n) is 16.0. The molecule has 0 bridgehead atoms. The van der Waals surface area contributed by atoms with Crippen LogP contribution in [0.5, 0.6) is 0 Å². The molecule has 14 nitrogen and oxygen atoms in total. The minimum atomic E-state index is -0.393. The number of pyridine rings is 1. The number of ether oxygens (including phenoxy) is 1. The number of carbonyl (C=O) groups is 2. The summed E-state index contributed by atoms with van der Waals surface area (Å²) in [6.45, 7) is 15.2. The molecule has 0 radical (unpaired) electrons. The zero-order valence-corrected chi connectivity index (χ0v) is 32.0. The van der Waals surface area contributed by atoms with Gasteiger partial charge in [0.2, 0.25) is 5.91 Å². The molecule has 1 atom stereocenters. The Bertz CT molecular complexity index is 2240. The van der Waals surface area contributed by atoms with E-state index in [0.29, 0.717) is 52.3 Å². The summed E-state index contributed by atoms with van der Waals surface area (Å²) in [5.41, 5.74) is 6.34. The van der Waals surface area contributed by atoms with Crippen molar-refractivity contribution in [3.8, 4) is 11.3 Å². The van der Waals surface area contributed by atoms with Crippen LogP contribution < -0.4 is 26.0 Å². The molecule has 6 heterocycles. The zero-order chi connectivity index (χ0) is 38.6. The van der Waals surface area contributed by atoms with Crippen LogP contribution in [-0.4, -0.2) is 92.4 Å². The fourth-order valence-corrected chi connectivity index (χ4v) is 8.62. The van der Waals surface area contributed by atoms with Gasteiger partial charge in [-0.15, -0.1) is 0 Å². The van der Waals surface area contributed by atoms with Gasteiger partial charge in [-0.1, -0.05) is 20.4 Å². The summed E-state index contributed by atoms with van der Waals surface area (Å²) in [5.74, 6) is -0.0604. The smallest absolute Gasteiger partial charge is 0.293 e. The van der Waals surface area contributed by atoms with E-state index in [1.165, 1.54) is 21.9 Å². The van der Waals surface area contributed by atoms with Gasteiger partial charge >= 0.3 is 0 Å². The van der Waals surface area contributed by atoms with Crippen LogP contribution in [0.1, 0.15) is 54.5 Å². The lowest BCUT2D eigenvalue weighted by Gasteiger charge is -2.46. The quantitative estimate of drug-likeness (QED) is 0.214. The van der Waals surface area contributed by atoms with Gasteiger partial charge in [0.1, 0.15) is 11.5 Å². The lowest BCUT2D eigenvalue weighted by molar-refractivity contribution is -0.111. The Morgan fingerprint density at radius 3 is 2.65 bits per heavy atom. The van der Waals surface area contributed by atoms with Gasteiger partial charge < -0.3 is 34.5 Å². The van der Waals surface area contributed by atoms with E-state index in [4.69, 9.17) is 9.72 Å². The Hall–Kier alpha value is -5.31. The van der Waals surface area contributed by atoms with Gasteiger partial charge in [-0.05, 0) is 73.6 Å². The summed E-state index contributed by atoms with van der Waals surface area (Å²) in [6.07, 6.45) is 7.06. The number of benzene rings is 1. The summed E-state index contributed by atoms with van der Waals surface area (Å²) in [7, 11) is 1.64. The van der Waals surface area contributed by atoms with Crippen LogP contribution in [0.4, 0.5) is 28.7 Å². The number of hydrogen-bond donors (Lipinski definition) is 3. The number of nitrogens with one attached hydrogen (secondary N) is 2. The Balaban J connectivity index is 1.09. The molecule has 8 rings (SSSR count). The molecule has 4 aliphatic rings. The van der Waals surface area contributed by atoms with E-state index >= 15 is 0 Å². The lowest BCUT2D eigenvalue weighted by atomic mass is 9.90. The molecule has 288 valence electrons. The molecule has 3 aliphatic heterocycles. The van der Waals surface area contributed by atoms with Crippen LogP contribution in [0.3, 0.4) is 0 Å². The highest BCUT2D eigenvalue weighted by Crippen LogP contribution is 2.40. The molecule has 55 heavy (non-hydrogen) atoms. The number of anilines is 5. The molecule has 2 fully saturated rings. The Morgan fingerprint density at radius 2 is 1.93 bits per heavy atom. The number of rotatable bonds is 9. The van der Waals surface area contributed by atoms with Crippen LogP contribution in [0.2, 0.25) is 0 Å². The maximum Gasteiger partial charge on any atom is 0.293 e. The summed E-state index contributed by atoms with van der Waals surface area (Å²) in [5, 5.41) is 17.0. The third kappa shape index (κ3) is 6.83. The van der Waals surface area contributed by atoms with Crippen molar-refractivity contribution in [1.29, 1.82) is 0 Å². The maximum absolute atomic E-state index is 14.2. The van der Waals surface area contributed by atoms with Gasteiger partial charge in [-0.25, -0.2) is 9.97 Å². The number of hydrogen-bond acceptors (Lipinski definition) is 10. The second-order valence-corrected chi connectivity index (χ2v) is 16.0. The highest BCUT2D eigenvalue weighted by molar-refractivity contribution is 6.06. The molecule has 4 aromatic rings. The molecule has 0 spiro atoms. The van der Waals surface area contributed by atoms with E-state index in [0.717, 1.165) is 64.3 Å². The van der Waals surface area contributed by atoms with E-state index in [9.17, 15) is 19.5 Å². The van der Waals surface area contributed by atoms with Gasteiger partial charge in [0, 0.05) is 80.7 Å². The van der Waals surface area contributed by atoms with Crippen molar-refractivity contribution in [3.63, 3.8) is 0 Å². The SMILES string of the molecule is C=CC(=O)Nc1cc(Nc2nc(-c3ccnc(N4CCCn5c(cc6c5CC(C)(C)C6)C4=O)c3CO)cn(C)c2=O)ccc1N1CCN(C2COC2)C[C@@H]1C. The molecule has 2 amide bonds. The topological polar surface area (TPSA) is 150 Å². The molecule has 14 heteroatoms. The number of fused-ring (bicyclic) bond motifs is 3. The third-order valence-electron chi connectivity index (χ3n) is 11.4. The highest BCUT2D eigenvalue weighted by Gasteiger charge is 2.37. The Labute approximate surface area is 320 Å². The zero-order valence-electron chi connectivity index (χ0n) is 32.0. The van der Waals surface area contributed by atoms with Crippen LogP contribution in [-0.2, 0) is 42.6 Å². The minimum Gasteiger partial charge on any atom is -0.392 e. The van der Waals surface area contributed by atoms with Gasteiger partial charge in [0.15, 0.2) is 5.82 Å². The van der Waals surface area contributed by atoms with Gasteiger partial charge in [0.05, 0.1) is 42.9 Å². The molecular weight excluding hydrogens is 699 g/mol. The molecule has 3 aromatic heterocycles. The average molecular weight is 748 g/mol. The molecule has 2 saturated heterocycles. The number of carbonyl (C=O) groups excluding carboxylic acids is 2. The first-order valence-electron chi connectivity index (χ1n) is 19.1. The number of aryl methyl sites for hydroxylation is 1. The van der Waals surface area contributed by atoms with Gasteiger partial charge in [-0.3, -0.25) is 24.2 Å². The van der Waals surface area contributed by atoms with Crippen molar-refractivity contribution >= 4 is 40.5 Å². The largest absolute Gasteiger partial charge is 0.392 e. The van der Waals surface area contributed by atoms with Crippen molar-refractivity contribution < 1.29 is 19.4 Å². The van der Waals surface area contributed by atoms with Gasteiger partial charge in [-0.2, -0.15) is 0 Å². The first-order chi connectivity index (χ1) is 26.4. The third-order valence-corrected chi connectivity index (χ3v) is 11.4. The molecular formula is C41H49N9O5. The van der Waals surface area contributed by atoms with Crippen molar-refractivity contribution in [1.82, 2.24) is 24.0 Å². The molecule has 0 unspecified atom stereocenters. The van der Waals surface area contributed by atoms with E-state index < -0.39 is 6.61 Å². The van der Waals surface area contributed by atoms with Crippen molar-refractivity contribution in [2.45, 2.75) is 65.3 Å². The molecule has 0 saturated carbocycles. The molecule has 1 aliphatic carbocycles. The summed E-state index contributed by atoms with van der Waals surface area (Å²) >= 11 is 0. The van der Waals surface area contributed by atoms with Crippen LogP contribution in [0.15, 0.2) is 60.2 Å². The monoisotopic (exact) mass is 747 g/mol. The predicted molar refractivity (Wildman–Crippen MR) is 212 cm³/mol. The first kappa shape index (κ1) is 36.7. The van der Waals surface area contributed by atoms with E-state index in [1.54, 1.807) is 36.5 Å². The van der Waals surface area contributed by atoms with Crippen LogP contribution >= 0.6 is 0 Å². The number of piperazine rings is 1. The number of aliphatic hydroxyl groups is 1. The fourth-order valence-electron chi connectivity index (χ4n) is 8.62. The highest BCUT2D eigenvalue weighted by atomic mass is 16.5. The van der Waals surface area contributed by atoms with E-state index in [1.807, 2.05) is 18.2 Å². The Kier molecular flexibility index (Phi) is 9.60. The fraction of sp³-hybridized carbons (Fsp3) is 0.439. The van der Waals surface area contributed by atoms with Gasteiger partial charge in [0.25, 0.3) is 11.5 Å².